The highest BCUT2D eigenvalue weighted by Crippen LogP contribution is 2.36. The number of amides is 1. The van der Waals surface area contributed by atoms with E-state index in [9.17, 15) is 9.90 Å². The van der Waals surface area contributed by atoms with E-state index in [-0.39, 0.29) is 30.4 Å². The maximum absolute atomic E-state index is 12.7. The Bertz CT molecular complexity index is 931. The number of fused-ring (bicyclic) bond motifs is 1. The summed E-state index contributed by atoms with van der Waals surface area (Å²) in [6.45, 7) is 7.46. The van der Waals surface area contributed by atoms with E-state index in [0.29, 0.717) is 19.1 Å². The van der Waals surface area contributed by atoms with Gasteiger partial charge in [0.25, 0.3) is 0 Å². The van der Waals surface area contributed by atoms with E-state index >= 15 is 0 Å². The van der Waals surface area contributed by atoms with Crippen molar-refractivity contribution in [1.82, 2.24) is 4.90 Å². The zero-order chi connectivity index (χ0) is 23.4. The molecule has 33 heavy (non-hydrogen) atoms. The van der Waals surface area contributed by atoms with Crippen molar-refractivity contribution in [3.63, 3.8) is 0 Å². The zero-order valence-corrected chi connectivity index (χ0v) is 20.1. The van der Waals surface area contributed by atoms with E-state index in [1.165, 1.54) is 16.7 Å². The normalized spacial score (nSPS) is 19.6. The van der Waals surface area contributed by atoms with Gasteiger partial charge in [-0.05, 0) is 81.0 Å². The Balaban J connectivity index is 1.31. The number of aryl methyl sites for hydroxylation is 1. The molecule has 0 spiro atoms. The summed E-state index contributed by atoms with van der Waals surface area (Å²) in [6, 6.07) is 16.9. The number of aliphatic hydroxyl groups excluding tert-OH is 1. The number of hydrogen-bond donors (Lipinski definition) is 1. The Morgan fingerprint density at radius 1 is 1.12 bits per heavy atom. The smallest absolute Gasteiger partial charge is 0.410 e. The molecular weight excluding hydrogens is 414 g/mol. The van der Waals surface area contributed by atoms with Crippen LogP contribution in [0.5, 0.6) is 0 Å². The van der Waals surface area contributed by atoms with Crippen molar-refractivity contribution in [1.29, 1.82) is 0 Å². The van der Waals surface area contributed by atoms with Crippen molar-refractivity contribution in [2.75, 3.05) is 19.8 Å². The molecule has 0 saturated carbocycles. The largest absolute Gasteiger partial charge is 0.442 e. The van der Waals surface area contributed by atoms with Crippen LogP contribution in [0, 0.1) is 5.92 Å². The molecule has 1 N–H and O–H groups in total. The minimum atomic E-state index is -0.263. The Hall–Kier alpha value is -2.37. The van der Waals surface area contributed by atoms with Crippen LogP contribution in [0.4, 0.5) is 4.79 Å². The number of nitrogens with zero attached hydrogens (tertiary/aromatic N) is 1. The van der Waals surface area contributed by atoms with Crippen molar-refractivity contribution in [3.05, 3.63) is 70.8 Å². The molecule has 0 radical (unpaired) electrons. The fourth-order valence-corrected chi connectivity index (χ4v) is 5.48. The third-order valence-electron chi connectivity index (χ3n) is 7.16. The summed E-state index contributed by atoms with van der Waals surface area (Å²) in [7, 11) is 0. The summed E-state index contributed by atoms with van der Waals surface area (Å²) in [6.07, 6.45) is 4.09. The molecular formula is C28H37NO4. The van der Waals surface area contributed by atoms with Gasteiger partial charge in [-0.1, -0.05) is 48.5 Å². The molecule has 2 aromatic carbocycles. The van der Waals surface area contributed by atoms with E-state index < -0.39 is 0 Å². The average Bonchev–Trinajstić information content (AvgIpc) is 3.38. The van der Waals surface area contributed by atoms with E-state index in [1.807, 2.05) is 24.0 Å². The lowest BCUT2D eigenvalue weighted by Gasteiger charge is -2.35. The fraction of sp³-hybridized carbons (Fsp3) is 0.536. The molecule has 1 amide bonds. The molecule has 5 heteroatoms. The fourth-order valence-electron chi connectivity index (χ4n) is 5.48. The average molecular weight is 452 g/mol. The van der Waals surface area contributed by atoms with Gasteiger partial charge >= 0.3 is 6.09 Å². The monoisotopic (exact) mass is 451 g/mol. The Labute approximate surface area is 197 Å². The molecule has 2 atom stereocenters. The SMILES string of the molecule is C[C@@H](OC[C@H]1CN(C(C)(C)CC2Cc3ccccc3C2)C(=O)O1)c1ccccc1CCCO. The number of cyclic esters (lactones) is 1. The van der Waals surface area contributed by atoms with Crippen molar-refractivity contribution < 1.29 is 19.4 Å². The number of rotatable bonds is 10. The number of hydrogen-bond acceptors (Lipinski definition) is 4. The van der Waals surface area contributed by atoms with Crippen LogP contribution in [0.25, 0.3) is 0 Å². The van der Waals surface area contributed by atoms with Gasteiger partial charge in [0.2, 0.25) is 0 Å². The highest BCUT2D eigenvalue weighted by Gasteiger charge is 2.42. The van der Waals surface area contributed by atoms with E-state index in [4.69, 9.17) is 9.47 Å². The maximum atomic E-state index is 12.7. The highest BCUT2D eigenvalue weighted by atomic mass is 16.6. The van der Waals surface area contributed by atoms with E-state index in [2.05, 4.69) is 50.2 Å². The van der Waals surface area contributed by atoms with Gasteiger partial charge in [-0.15, -0.1) is 0 Å². The van der Waals surface area contributed by atoms with E-state index in [1.54, 1.807) is 0 Å². The predicted molar refractivity (Wildman–Crippen MR) is 129 cm³/mol. The molecule has 0 bridgehead atoms. The minimum absolute atomic E-state index is 0.0994. The third-order valence-corrected chi connectivity index (χ3v) is 7.16. The number of carbonyl (C=O) groups excluding carboxylic acids is 1. The molecule has 1 heterocycles. The van der Waals surface area contributed by atoms with Crippen molar-refractivity contribution >= 4 is 6.09 Å². The summed E-state index contributed by atoms with van der Waals surface area (Å²) in [4.78, 5) is 14.6. The lowest BCUT2D eigenvalue weighted by Crippen LogP contribution is -2.46. The summed E-state index contributed by atoms with van der Waals surface area (Å²) < 4.78 is 11.8. The van der Waals surface area contributed by atoms with E-state index in [0.717, 1.165) is 37.7 Å². The Morgan fingerprint density at radius 3 is 2.48 bits per heavy atom. The second kappa shape index (κ2) is 10.3. The number of ether oxygens (including phenoxy) is 2. The molecule has 1 fully saturated rings. The van der Waals surface area contributed by atoms with Crippen LogP contribution in [0.3, 0.4) is 0 Å². The lowest BCUT2D eigenvalue weighted by molar-refractivity contribution is 0.00623. The van der Waals surface area contributed by atoms with Gasteiger partial charge in [-0.2, -0.15) is 0 Å². The van der Waals surface area contributed by atoms with Crippen LogP contribution < -0.4 is 0 Å². The first kappa shape index (κ1) is 23.8. The van der Waals surface area contributed by atoms with Crippen LogP contribution in [0.1, 0.15) is 62.0 Å². The maximum Gasteiger partial charge on any atom is 0.410 e. The van der Waals surface area contributed by atoms with Crippen molar-refractivity contribution in [2.45, 2.75) is 70.6 Å². The predicted octanol–water partition coefficient (Wildman–Crippen LogP) is 5.09. The van der Waals surface area contributed by atoms with Gasteiger partial charge in [-0.25, -0.2) is 4.79 Å². The van der Waals surface area contributed by atoms with Crippen molar-refractivity contribution in [3.8, 4) is 0 Å². The molecule has 0 unspecified atom stereocenters. The first-order valence-electron chi connectivity index (χ1n) is 12.2. The molecule has 1 aliphatic carbocycles. The van der Waals surface area contributed by atoms with Crippen LogP contribution >= 0.6 is 0 Å². The summed E-state index contributed by atoms with van der Waals surface area (Å²) in [5.74, 6) is 0.552. The first-order valence-corrected chi connectivity index (χ1v) is 12.2. The molecule has 0 aromatic heterocycles. The van der Waals surface area contributed by atoms with Crippen LogP contribution in [0.15, 0.2) is 48.5 Å². The second-order valence-electron chi connectivity index (χ2n) is 10.2. The molecule has 1 aliphatic heterocycles. The van der Waals surface area contributed by atoms with Gasteiger partial charge in [0.15, 0.2) is 0 Å². The molecule has 2 aromatic rings. The number of benzene rings is 2. The van der Waals surface area contributed by atoms with Crippen LogP contribution in [0.2, 0.25) is 0 Å². The molecule has 4 rings (SSSR count). The Kier molecular flexibility index (Phi) is 7.40. The molecule has 2 aliphatic rings. The quantitative estimate of drug-likeness (QED) is 0.546. The highest BCUT2D eigenvalue weighted by molar-refractivity contribution is 5.71. The molecule has 1 saturated heterocycles. The number of aliphatic hydroxyl groups is 1. The summed E-state index contributed by atoms with van der Waals surface area (Å²) in [5.41, 5.74) is 4.96. The summed E-state index contributed by atoms with van der Waals surface area (Å²) >= 11 is 0. The third kappa shape index (κ3) is 5.59. The van der Waals surface area contributed by atoms with Crippen molar-refractivity contribution in [2.24, 2.45) is 5.92 Å². The molecule has 5 nitrogen and oxygen atoms in total. The van der Waals surface area contributed by atoms with Gasteiger partial charge in [0.1, 0.15) is 6.10 Å². The standard InChI is InChI=1S/C28H37NO4/c1-20(26-13-7-6-9-22(26)12-8-14-30)32-19-25-18-29(27(31)33-25)28(2,3)17-21-15-23-10-4-5-11-24(23)16-21/h4-7,9-11,13,20-21,25,30H,8,12,14-19H2,1-3H3/t20-,25-/m1/s1. The lowest BCUT2D eigenvalue weighted by atomic mass is 9.87. The van der Waals surface area contributed by atoms with Gasteiger partial charge in [0, 0.05) is 12.1 Å². The van der Waals surface area contributed by atoms with Gasteiger partial charge in [-0.3, -0.25) is 4.90 Å². The van der Waals surface area contributed by atoms with Crippen LogP contribution in [-0.2, 0) is 28.7 Å². The minimum Gasteiger partial charge on any atom is -0.442 e. The molecule has 178 valence electrons. The zero-order valence-electron chi connectivity index (χ0n) is 20.1. The number of carbonyl (C=O) groups is 1. The first-order chi connectivity index (χ1) is 15.9. The Morgan fingerprint density at radius 2 is 1.79 bits per heavy atom. The van der Waals surface area contributed by atoms with Gasteiger partial charge in [0.05, 0.1) is 19.3 Å². The van der Waals surface area contributed by atoms with Gasteiger partial charge < -0.3 is 14.6 Å². The summed E-state index contributed by atoms with van der Waals surface area (Å²) in [5, 5.41) is 9.17. The van der Waals surface area contributed by atoms with Crippen LogP contribution in [-0.4, -0.2) is 47.5 Å². The topological polar surface area (TPSA) is 59.0 Å². The second-order valence-corrected chi connectivity index (χ2v) is 10.2.